The van der Waals surface area contributed by atoms with Gasteiger partial charge in [0.2, 0.25) is 0 Å². The number of hydrogen-bond acceptors (Lipinski definition) is 1. The molecule has 15 heavy (non-hydrogen) atoms. The van der Waals surface area contributed by atoms with Crippen molar-refractivity contribution in [2.75, 3.05) is 6.61 Å². The molecule has 0 aliphatic rings. The van der Waals surface area contributed by atoms with Gasteiger partial charge < -0.3 is 4.74 Å². The van der Waals surface area contributed by atoms with Gasteiger partial charge in [-0.2, -0.15) is 13.2 Å². The highest BCUT2D eigenvalue weighted by Crippen LogP contribution is 2.32. The summed E-state index contributed by atoms with van der Waals surface area (Å²) in [6.45, 7) is -1.55. The number of halogens is 6. The molecule has 0 aromatic heterocycles. The van der Waals surface area contributed by atoms with E-state index >= 15 is 0 Å². The molecule has 0 aliphatic carbocycles. The van der Waals surface area contributed by atoms with Crippen LogP contribution in [0.2, 0.25) is 5.02 Å². The quantitative estimate of drug-likeness (QED) is 0.745. The monoisotopic (exact) mass is 306 g/mol. The van der Waals surface area contributed by atoms with Gasteiger partial charge >= 0.3 is 6.18 Å². The molecule has 0 fully saturated rings. The van der Waals surface area contributed by atoms with Gasteiger partial charge in [-0.3, -0.25) is 0 Å². The summed E-state index contributed by atoms with van der Waals surface area (Å²) >= 11 is 8.31. The molecule has 0 bridgehead atoms. The Bertz CT molecular complexity index is 343. The van der Waals surface area contributed by atoms with Crippen molar-refractivity contribution in [1.82, 2.24) is 0 Å². The van der Waals surface area contributed by atoms with E-state index in [4.69, 9.17) is 11.6 Å². The third kappa shape index (κ3) is 3.87. The molecule has 1 aromatic carbocycles. The normalized spacial score (nSPS) is 11.6. The van der Waals surface area contributed by atoms with Crippen molar-refractivity contribution in [3.8, 4) is 5.75 Å². The summed E-state index contributed by atoms with van der Waals surface area (Å²) < 4.78 is 52.8. The van der Waals surface area contributed by atoms with Crippen molar-refractivity contribution in [1.29, 1.82) is 0 Å². The lowest BCUT2D eigenvalue weighted by Crippen LogP contribution is -2.19. The van der Waals surface area contributed by atoms with Crippen LogP contribution in [0, 0.1) is 5.82 Å². The van der Waals surface area contributed by atoms with E-state index in [-0.39, 0.29) is 9.50 Å². The van der Waals surface area contributed by atoms with Gasteiger partial charge in [-0.1, -0.05) is 11.6 Å². The highest BCUT2D eigenvalue weighted by Gasteiger charge is 2.29. The zero-order valence-electron chi connectivity index (χ0n) is 7.04. The fourth-order valence-corrected chi connectivity index (χ4v) is 1.71. The summed E-state index contributed by atoms with van der Waals surface area (Å²) in [7, 11) is 0. The molecule has 0 saturated carbocycles. The largest absolute Gasteiger partial charge is 0.480 e. The summed E-state index contributed by atoms with van der Waals surface area (Å²) in [4.78, 5) is 0. The van der Waals surface area contributed by atoms with E-state index in [0.29, 0.717) is 0 Å². The van der Waals surface area contributed by atoms with Gasteiger partial charge in [-0.15, -0.1) is 0 Å². The number of rotatable bonds is 2. The van der Waals surface area contributed by atoms with Crippen LogP contribution in [0.15, 0.2) is 16.6 Å². The molecule has 0 unspecified atom stereocenters. The van der Waals surface area contributed by atoms with Gasteiger partial charge in [0.15, 0.2) is 18.2 Å². The molecule has 84 valence electrons. The third-order valence-electron chi connectivity index (χ3n) is 1.34. The molecular formula is C8H4BrClF4O. The fraction of sp³-hybridized carbons (Fsp3) is 0.250. The maximum atomic E-state index is 13.1. The van der Waals surface area contributed by atoms with Crippen molar-refractivity contribution < 1.29 is 22.3 Å². The summed E-state index contributed by atoms with van der Waals surface area (Å²) in [5, 5.41) is 0.0683. The standard InChI is InChI=1S/C8H4BrClF4O/c9-5-1-4(10)2-6(11)7(5)15-3-8(12,13)14/h1-2H,3H2. The molecule has 1 aromatic rings. The summed E-state index contributed by atoms with van der Waals surface area (Å²) in [6.07, 6.45) is -4.51. The lowest BCUT2D eigenvalue weighted by atomic mass is 10.3. The minimum atomic E-state index is -4.51. The van der Waals surface area contributed by atoms with Crippen LogP contribution in [0.25, 0.3) is 0 Å². The topological polar surface area (TPSA) is 9.23 Å². The highest BCUT2D eigenvalue weighted by molar-refractivity contribution is 9.10. The molecule has 7 heteroatoms. The van der Waals surface area contributed by atoms with Gasteiger partial charge in [-0.25, -0.2) is 4.39 Å². The van der Waals surface area contributed by atoms with Crippen molar-refractivity contribution >= 4 is 27.5 Å². The second kappa shape index (κ2) is 4.57. The Labute approximate surface area is 96.1 Å². The SMILES string of the molecule is Fc1cc(Cl)cc(Br)c1OCC(F)(F)F. The van der Waals surface area contributed by atoms with Gasteiger partial charge in [0.1, 0.15) is 0 Å². The minimum absolute atomic E-state index is 0.0387. The Hall–Kier alpha value is -0.490. The first-order valence-electron chi connectivity index (χ1n) is 3.63. The Kier molecular flexibility index (Phi) is 3.83. The predicted octanol–water partition coefficient (Wildman–Crippen LogP) is 4.18. The predicted molar refractivity (Wildman–Crippen MR) is 50.7 cm³/mol. The van der Waals surface area contributed by atoms with Crippen LogP contribution < -0.4 is 4.74 Å². The summed E-state index contributed by atoms with van der Waals surface area (Å²) in [6, 6.07) is 2.12. The fourth-order valence-electron chi connectivity index (χ4n) is 0.821. The molecule has 0 saturated heterocycles. The molecule has 0 radical (unpaired) electrons. The van der Waals surface area contributed by atoms with Crippen LogP contribution in [0.3, 0.4) is 0 Å². The number of hydrogen-bond donors (Lipinski definition) is 0. The molecule has 0 atom stereocenters. The lowest BCUT2D eigenvalue weighted by molar-refractivity contribution is -0.153. The minimum Gasteiger partial charge on any atom is -0.480 e. The zero-order valence-corrected chi connectivity index (χ0v) is 9.38. The molecule has 0 N–H and O–H groups in total. The first kappa shape index (κ1) is 12.6. The maximum Gasteiger partial charge on any atom is 0.422 e. The van der Waals surface area contributed by atoms with Gasteiger partial charge in [0.25, 0.3) is 0 Å². The van der Waals surface area contributed by atoms with E-state index in [1.165, 1.54) is 6.07 Å². The first-order valence-corrected chi connectivity index (χ1v) is 4.81. The van der Waals surface area contributed by atoms with Crippen LogP contribution in [-0.2, 0) is 0 Å². The van der Waals surface area contributed by atoms with Crippen molar-refractivity contribution in [2.45, 2.75) is 6.18 Å². The Morgan fingerprint density at radius 1 is 1.33 bits per heavy atom. The van der Waals surface area contributed by atoms with E-state index in [2.05, 4.69) is 20.7 Å². The van der Waals surface area contributed by atoms with Gasteiger partial charge in [-0.05, 0) is 28.1 Å². The number of alkyl halides is 3. The Morgan fingerprint density at radius 2 is 1.93 bits per heavy atom. The molecule has 0 amide bonds. The average Bonchev–Trinajstić information content (AvgIpc) is 1.99. The van der Waals surface area contributed by atoms with E-state index in [0.717, 1.165) is 6.07 Å². The molecule has 1 nitrogen and oxygen atoms in total. The maximum absolute atomic E-state index is 13.1. The third-order valence-corrected chi connectivity index (χ3v) is 2.15. The second-order valence-corrected chi connectivity index (χ2v) is 3.89. The average molecular weight is 307 g/mol. The molecule has 0 heterocycles. The Balaban J connectivity index is 2.86. The highest BCUT2D eigenvalue weighted by atomic mass is 79.9. The molecular weight excluding hydrogens is 303 g/mol. The van der Waals surface area contributed by atoms with E-state index in [1.54, 1.807) is 0 Å². The Morgan fingerprint density at radius 3 is 2.40 bits per heavy atom. The number of benzene rings is 1. The van der Waals surface area contributed by atoms with Crippen LogP contribution in [0.1, 0.15) is 0 Å². The van der Waals surface area contributed by atoms with E-state index < -0.39 is 24.3 Å². The van der Waals surface area contributed by atoms with Crippen molar-refractivity contribution in [3.63, 3.8) is 0 Å². The molecule has 0 aliphatic heterocycles. The van der Waals surface area contributed by atoms with Gasteiger partial charge in [0.05, 0.1) is 4.47 Å². The smallest absolute Gasteiger partial charge is 0.422 e. The van der Waals surface area contributed by atoms with Crippen LogP contribution in [0.5, 0.6) is 5.75 Å². The first-order chi connectivity index (χ1) is 6.79. The van der Waals surface area contributed by atoms with Crippen LogP contribution in [0.4, 0.5) is 17.6 Å². The van der Waals surface area contributed by atoms with Crippen LogP contribution >= 0.6 is 27.5 Å². The van der Waals surface area contributed by atoms with Gasteiger partial charge in [0, 0.05) is 5.02 Å². The van der Waals surface area contributed by atoms with Crippen molar-refractivity contribution in [2.24, 2.45) is 0 Å². The lowest BCUT2D eigenvalue weighted by Gasteiger charge is -2.11. The molecule has 0 spiro atoms. The number of ether oxygens (including phenoxy) is 1. The van der Waals surface area contributed by atoms with Crippen molar-refractivity contribution in [3.05, 3.63) is 27.4 Å². The second-order valence-electron chi connectivity index (χ2n) is 2.60. The summed E-state index contributed by atoms with van der Waals surface area (Å²) in [5.74, 6) is -1.45. The van der Waals surface area contributed by atoms with E-state index in [9.17, 15) is 17.6 Å². The summed E-state index contributed by atoms with van der Waals surface area (Å²) in [5.41, 5.74) is 0. The molecule has 1 rings (SSSR count). The van der Waals surface area contributed by atoms with E-state index in [1.807, 2.05) is 0 Å². The van der Waals surface area contributed by atoms with Crippen LogP contribution in [-0.4, -0.2) is 12.8 Å². The zero-order chi connectivity index (χ0) is 11.6.